The number of aromatic nitrogens is 1. The Morgan fingerprint density at radius 1 is 1.11 bits per heavy atom. The largest absolute Gasteiger partial charge is 0.399 e. The second kappa shape index (κ2) is 4.59. The molecule has 90 valence electrons. The highest BCUT2D eigenvalue weighted by atomic mass is 79.9. The van der Waals surface area contributed by atoms with E-state index in [1.165, 1.54) is 0 Å². The van der Waals surface area contributed by atoms with Gasteiger partial charge in [-0.15, -0.1) is 0 Å². The lowest BCUT2D eigenvalue weighted by Crippen LogP contribution is -1.88. The number of nitrogen functional groups attached to an aromatic ring is 1. The molecule has 0 amide bonds. The highest BCUT2D eigenvalue weighted by Gasteiger charge is 2.04. The van der Waals surface area contributed by atoms with Crippen molar-refractivity contribution in [1.82, 2.24) is 4.98 Å². The summed E-state index contributed by atoms with van der Waals surface area (Å²) in [6.07, 6.45) is 0. The van der Waals surface area contributed by atoms with Crippen LogP contribution in [0.25, 0.3) is 10.2 Å². The Balaban J connectivity index is 1.92. The van der Waals surface area contributed by atoms with Crippen LogP contribution in [0, 0.1) is 0 Å². The maximum atomic E-state index is 5.76. The molecule has 0 saturated carbocycles. The molecule has 0 spiro atoms. The van der Waals surface area contributed by atoms with Gasteiger partial charge in [-0.25, -0.2) is 4.98 Å². The first-order valence-corrected chi connectivity index (χ1v) is 7.00. The maximum Gasteiger partial charge on any atom is 0.188 e. The van der Waals surface area contributed by atoms with Gasteiger partial charge in [0.2, 0.25) is 0 Å². The molecule has 0 saturated heterocycles. The molecule has 1 aromatic heterocycles. The predicted molar refractivity (Wildman–Crippen MR) is 81.5 cm³/mol. The molecular formula is C13H10BrN3S. The molecule has 0 radical (unpaired) electrons. The lowest BCUT2D eigenvalue weighted by Gasteiger charge is -2.01. The van der Waals surface area contributed by atoms with Gasteiger partial charge in [0.15, 0.2) is 5.13 Å². The monoisotopic (exact) mass is 319 g/mol. The molecule has 5 heteroatoms. The van der Waals surface area contributed by atoms with Crippen LogP contribution in [0.15, 0.2) is 46.9 Å². The smallest absolute Gasteiger partial charge is 0.188 e. The van der Waals surface area contributed by atoms with Crippen LogP contribution in [0.3, 0.4) is 0 Å². The van der Waals surface area contributed by atoms with Gasteiger partial charge in [-0.2, -0.15) is 0 Å². The molecule has 0 bridgehead atoms. The molecule has 0 aliphatic carbocycles. The first-order chi connectivity index (χ1) is 8.70. The van der Waals surface area contributed by atoms with E-state index in [-0.39, 0.29) is 0 Å². The zero-order valence-electron chi connectivity index (χ0n) is 9.35. The van der Waals surface area contributed by atoms with Crippen LogP contribution in [-0.4, -0.2) is 4.98 Å². The molecule has 3 nitrogen and oxygen atoms in total. The van der Waals surface area contributed by atoms with Crippen molar-refractivity contribution in [2.24, 2.45) is 0 Å². The minimum absolute atomic E-state index is 0.765. The summed E-state index contributed by atoms with van der Waals surface area (Å²) < 4.78 is 2.15. The highest BCUT2D eigenvalue weighted by molar-refractivity contribution is 9.10. The van der Waals surface area contributed by atoms with E-state index in [2.05, 4.69) is 26.2 Å². The standard InChI is InChI=1S/C13H10BrN3S/c14-8-1-4-10(5-2-8)16-13-17-11-6-3-9(15)7-12(11)18-13/h1-7H,15H2,(H,16,17). The van der Waals surface area contributed by atoms with E-state index in [4.69, 9.17) is 5.73 Å². The third-order valence-corrected chi connectivity index (χ3v) is 3.97. The molecule has 3 aromatic rings. The number of fused-ring (bicyclic) bond motifs is 1. The average molecular weight is 320 g/mol. The van der Waals surface area contributed by atoms with Crippen molar-refractivity contribution < 1.29 is 0 Å². The Morgan fingerprint density at radius 3 is 2.67 bits per heavy atom. The molecule has 0 unspecified atom stereocenters. The van der Waals surface area contributed by atoms with E-state index in [1.807, 2.05) is 42.5 Å². The van der Waals surface area contributed by atoms with Crippen LogP contribution in [0.1, 0.15) is 0 Å². The van der Waals surface area contributed by atoms with Gasteiger partial charge in [0, 0.05) is 15.8 Å². The lowest BCUT2D eigenvalue weighted by atomic mass is 10.3. The fourth-order valence-corrected chi connectivity index (χ4v) is 2.85. The van der Waals surface area contributed by atoms with Crippen LogP contribution in [-0.2, 0) is 0 Å². The van der Waals surface area contributed by atoms with E-state index >= 15 is 0 Å². The van der Waals surface area contributed by atoms with Crippen LogP contribution in [0.2, 0.25) is 0 Å². The second-order valence-corrected chi connectivity index (χ2v) is 5.82. The number of hydrogen-bond donors (Lipinski definition) is 2. The van der Waals surface area contributed by atoms with Crippen LogP contribution < -0.4 is 11.1 Å². The zero-order valence-corrected chi connectivity index (χ0v) is 11.8. The first kappa shape index (κ1) is 11.5. The number of halogens is 1. The van der Waals surface area contributed by atoms with Crippen molar-refractivity contribution in [2.45, 2.75) is 0 Å². The van der Waals surface area contributed by atoms with Gasteiger partial charge in [-0.05, 0) is 42.5 Å². The summed E-state index contributed by atoms with van der Waals surface area (Å²) in [5.41, 5.74) is 8.51. The van der Waals surface area contributed by atoms with E-state index in [1.54, 1.807) is 11.3 Å². The van der Waals surface area contributed by atoms with Crippen LogP contribution in [0.4, 0.5) is 16.5 Å². The molecule has 2 aromatic carbocycles. The summed E-state index contributed by atoms with van der Waals surface area (Å²) in [6.45, 7) is 0. The topological polar surface area (TPSA) is 50.9 Å². The number of nitrogens with one attached hydrogen (secondary N) is 1. The average Bonchev–Trinajstić information content (AvgIpc) is 2.73. The molecule has 0 aliphatic heterocycles. The Bertz CT molecular complexity index is 691. The normalized spacial score (nSPS) is 10.7. The van der Waals surface area contributed by atoms with Gasteiger partial charge in [0.05, 0.1) is 10.2 Å². The fourth-order valence-electron chi connectivity index (χ4n) is 1.65. The molecule has 0 aliphatic rings. The zero-order chi connectivity index (χ0) is 12.5. The number of rotatable bonds is 2. The van der Waals surface area contributed by atoms with Crippen molar-refractivity contribution in [3.63, 3.8) is 0 Å². The quantitative estimate of drug-likeness (QED) is 0.689. The molecular weight excluding hydrogens is 310 g/mol. The van der Waals surface area contributed by atoms with Crippen molar-refractivity contribution in [3.8, 4) is 0 Å². The summed E-state index contributed by atoms with van der Waals surface area (Å²) in [6, 6.07) is 13.7. The van der Waals surface area contributed by atoms with Gasteiger partial charge in [-0.1, -0.05) is 27.3 Å². The minimum Gasteiger partial charge on any atom is -0.399 e. The molecule has 18 heavy (non-hydrogen) atoms. The van der Waals surface area contributed by atoms with E-state index in [0.29, 0.717) is 0 Å². The van der Waals surface area contributed by atoms with Crippen LogP contribution in [0.5, 0.6) is 0 Å². The van der Waals surface area contributed by atoms with Gasteiger partial charge in [0.1, 0.15) is 0 Å². The number of thiazole rings is 1. The Labute approximate surface area is 117 Å². The number of anilines is 3. The van der Waals surface area contributed by atoms with Crippen LogP contribution >= 0.6 is 27.3 Å². The summed E-state index contributed by atoms with van der Waals surface area (Å²) in [5, 5.41) is 4.16. The maximum absolute atomic E-state index is 5.76. The van der Waals surface area contributed by atoms with Crippen molar-refractivity contribution in [1.29, 1.82) is 0 Å². The summed E-state index contributed by atoms with van der Waals surface area (Å²) in [5.74, 6) is 0. The number of nitrogens with two attached hydrogens (primary N) is 1. The van der Waals surface area contributed by atoms with Crippen molar-refractivity contribution in [3.05, 3.63) is 46.9 Å². The third-order valence-electron chi connectivity index (χ3n) is 2.51. The second-order valence-electron chi connectivity index (χ2n) is 3.88. The van der Waals surface area contributed by atoms with E-state index < -0.39 is 0 Å². The van der Waals surface area contributed by atoms with Gasteiger partial charge in [0.25, 0.3) is 0 Å². The number of nitrogens with zero attached hydrogens (tertiary/aromatic N) is 1. The van der Waals surface area contributed by atoms with Crippen molar-refractivity contribution >= 4 is 54.0 Å². The fraction of sp³-hybridized carbons (Fsp3) is 0. The summed E-state index contributed by atoms with van der Waals surface area (Å²) >= 11 is 5.01. The van der Waals surface area contributed by atoms with Crippen molar-refractivity contribution in [2.75, 3.05) is 11.1 Å². The number of benzene rings is 2. The molecule has 0 atom stereocenters. The molecule has 3 rings (SSSR count). The van der Waals surface area contributed by atoms with Gasteiger partial charge < -0.3 is 11.1 Å². The minimum atomic E-state index is 0.765. The van der Waals surface area contributed by atoms with E-state index in [0.717, 1.165) is 31.2 Å². The SMILES string of the molecule is Nc1ccc2nc(Nc3ccc(Br)cc3)sc2c1. The molecule has 3 N–H and O–H groups in total. The van der Waals surface area contributed by atoms with Gasteiger partial charge >= 0.3 is 0 Å². The Morgan fingerprint density at radius 2 is 1.89 bits per heavy atom. The Kier molecular flexibility index (Phi) is 2.93. The van der Waals surface area contributed by atoms with Gasteiger partial charge in [-0.3, -0.25) is 0 Å². The first-order valence-electron chi connectivity index (χ1n) is 5.39. The summed E-state index contributed by atoms with van der Waals surface area (Å²) in [7, 11) is 0. The highest BCUT2D eigenvalue weighted by Crippen LogP contribution is 2.29. The predicted octanol–water partition coefficient (Wildman–Crippen LogP) is 4.38. The molecule has 1 heterocycles. The summed E-state index contributed by atoms with van der Waals surface area (Å²) in [4.78, 5) is 4.51. The lowest BCUT2D eigenvalue weighted by molar-refractivity contribution is 1.44. The Hall–Kier alpha value is -1.59. The van der Waals surface area contributed by atoms with E-state index in [9.17, 15) is 0 Å². The third kappa shape index (κ3) is 2.32. The molecule has 0 fully saturated rings. The number of hydrogen-bond acceptors (Lipinski definition) is 4.